The van der Waals surface area contributed by atoms with Crippen LogP contribution in [0.4, 0.5) is 0 Å². The fourth-order valence-electron chi connectivity index (χ4n) is 4.56. The van der Waals surface area contributed by atoms with Gasteiger partial charge in [-0.3, -0.25) is 9.48 Å². The van der Waals surface area contributed by atoms with Gasteiger partial charge in [0.05, 0.1) is 0 Å². The number of likely N-dealkylation sites (tertiary alicyclic amines) is 1. The molecule has 1 aliphatic carbocycles. The highest BCUT2D eigenvalue weighted by atomic mass is 32.2. The quantitative estimate of drug-likeness (QED) is 0.809. The molecule has 0 N–H and O–H groups in total. The number of carbonyl (C=O) groups excluding carboxylic acids is 1. The Labute approximate surface area is 155 Å². The van der Waals surface area contributed by atoms with Crippen molar-refractivity contribution in [1.29, 1.82) is 0 Å². The Kier molecular flexibility index (Phi) is 5.09. The number of nitrogens with zero attached hydrogens (tertiary/aromatic N) is 4. The largest absolute Gasteiger partial charge is 0.336 e. The predicted molar refractivity (Wildman–Crippen MR) is 102 cm³/mol. The molecule has 2 aliphatic heterocycles. The summed E-state index contributed by atoms with van der Waals surface area (Å²) < 4.78 is 1.97. The lowest BCUT2D eigenvalue weighted by Crippen LogP contribution is -2.44. The Bertz CT molecular complexity index is 630. The first-order valence-electron chi connectivity index (χ1n) is 9.79. The molecule has 0 spiro atoms. The summed E-state index contributed by atoms with van der Waals surface area (Å²) in [5.41, 5.74) is 3.26. The van der Waals surface area contributed by atoms with Crippen LogP contribution in [0.5, 0.6) is 0 Å². The molecule has 0 radical (unpaired) electrons. The van der Waals surface area contributed by atoms with E-state index in [2.05, 4.69) is 16.9 Å². The maximum absolute atomic E-state index is 13.0. The van der Waals surface area contributed by atoms with E-state index in [9.17, 15) is 4.79 Å². The van der Waals surface area contributed by atoms with E-state index >= 15 is 0 Å². The van der Waals surface area contributed by atoms with Gasteiger partial charge in [-0.15, -0.1) is 0 Å². The van der Waals surface area contributed by atoms with Gasteiger partial charge < -0.3 is 9.80 Å². The molecule has 5 nitrogen and oxygen atoms in total. The number of hydrogen-bond acceptors (Lipinski definition) is 4. The highest BCUT2D eigenvalue weighted by molar-refractivity contribution is 7.99. The number of thioether (sulfide) groups is 1. The standard InChI is InChI=1S/C19H30N4OS/c1-14-5-7-22(8-6-14)15-3-4-17-16(13-15)18(20-21(17)2)19(24)23-9-11-25-12-10-23/h14-15H,3-13H2,1-2H3. The number of fused-ring (bicyclic) bond motifs is 1. The average molecular weight is 363 g/mol. The number of aromatic nitrogens is 2. The number of piperidine rings is 1. The first-order valence-corrected chi connectivity index (χ1v) is 10.9. The van der Waals surface area contributed by atoms with E-state index in [1.807, 2.05) is 28.4 Å². The highest BCUT2D eigenvalue weighted by Gasteiger charge is 2.33. The zero-order valence-electron chi connectivity index (χ0n) is 15.5. The third kappa shape index (κ3) is 3.47. The maximum Gasteiger partial charge on any atom is 0.274 e. The van der Waals surface area contributed by atoms with Gasteiger partial charge in [0, 0.05) is 48.9 Å². The van der Waals surface area contributed by atoms with Crippen LogP contribution in [-0.2, 0) is 19.9 Å². The Hall–Kier alpha value is -1.01. The first kappa shape index (κ1) is 17.4. The van der Waals surface area contributed by atoms with Crippen molar-refractivity contribution in [3.05, 3.63) is 17.0 Å². The van der Waals surface area contributed by atoms with E-state index in [-0.39, 0.29) is 5.91 Å². The predicted octanol–water partition coefficient (Wildman–Crippen LogP) is 2.20. The Morgan fingerprint density at radius 3 is 2.56 bits per heavy atom. The molecule has 2 fully saturated rings. The molecule has 1 unspecified atom stereocenters. The SMILES string of the molecule is CC1CCN(C2CCc3c(c(C(=O)N4CCSCC4)nn3C)C2)CC1. The van der Waals surface area contributed by atoms with Crippen molar-refractivity contribution in [3.8, 4) is 0 Å². The molecule has 6 heteroatoms. The van der Waals surface area contributed by atoms with Gasteiger partial charge in [0.1, 0.15) is 0 Å². The van der Waals surface area contributed by atoms with Crippen molar-refractivity contribution in [2.75, 3.05) is 37.7 Å². The molecule has 3 heterocycles. The molecule has 1 atom stereocenters. The zero-order chi connectivity index (χ0) is 17.4. The topological polar surface area (TPSA) is 41.4 Å². The second kappa shape index (κ2) is 7.31. The smallest absolute Gasteiger partial charge is 0.274 e. The van der Waals surface area contributed by atoms with E-state index in [0.717, 1.165) is 49.0 Å². The third-order valence-electron chi connectivity index (χ3n) is 6.26. The van der Waals surface area contributed by atoms with Crippen molar-refractivity contribution < 1.29 is 4.79 Å². The van der Waals surface area contributed by atoms with Gasteiger partial charge >= 0.3 is 0 Å². The summed E-state index contributed by atoms with van der Waals surface area (Å²) in [6.45, 7) is 6.53. The van der Waals surface area contributed by atoms with Gasteiger partial charge in [0.25, 0.3) is 5.91 Å². The summed E-state index contributed by atoms with van der Waals surface area (Å²) in [5, 5.41) is 4.66. The second-order valence-corrected chi connectivity index (χ2v) is 9.14. The summed E-state index contributed by atoms with van der Waals surface area (Å²) in [6.07, 6.45) is 5.88. The maximum atomic E-state index is 13.0. The lowest BCUT2D eigenvalue weighted by Gasteiger charge is -2.38. The normalized spacial score (nSPS) is 25.8. The van der Waals surface area contributed by atoms with Crippen molar-refractivity contribution in [3.63, 3.8) is 0 Å². The van der Waals surface area contributed by atoms with Gasteiger partial charge in [-0.2, -0.15) is 16.9 Å². The molecule has 3 aliphatic rings. The van der Waals surface area contributed by atoms with E-state index in [0.29, 0.717) is 6.04 Å². The van der Waals surface area contributed by atoms with Crippen LogP contribution in [0.2, 0.25) is 0 Å². The third-order valence-corrected chi connectivity index (χ3v) is 7.21. The number of aryl methyl sites for hydroxylation is 1. The monoisotopic (exact) mass is 362 g/mol. The summed E-state index contributed by atoms with van der Waals surface area (Å²) in [5.74, 6) is 3.12. The van der Waals surface area contributed by atoms with Crippen LogP contribution in [-0.4, -0.2) is 69.2 Å². The lowest BCUT2D eigenvalue weighted by molar-refractivity contribution is 0.0763. The van der Waals surface area contributed by atoms with Gasteiger partial charge in [0.15, 0.2) is 5.69 Å². The fourth-order valence-corrected chi connectivity index (χ4v) is 5.47. The minimum Gasteiger partial charge on any atom is -0.336 e. The van der Waals surface area contributed by atoms with E-state index in [4.69, 9.17) is 0 Å². The van der Waals surface area contributed by atoms with Crippen LogP contribution < -0.4 is 0 Å². The Balaban J connectivity index is 1.53. The molecule has 0 bridgehead atoms. The van der Waals surface area contributed by atoms with Crippen LogP contribution in [0.3, 0.4) is 0 Å². The molecule has 1 aromatic rings. The number of carbonyl (C=O) groups is 1. The molecule has 138 valence electrons. The van der Waals surface area contributed by atoms with Crippen molar-refractivity contribution in [2.45, 2.75) is 45.1 Å². The Morgan fingerprint density at radius 2 is 1.84 bits per heavy atom. The van der Waals surface area contributed by atoms with E-state index < -0.39 is 0 Å². The number of rotatable bonds is 2. The summed E-state index contributed by atoms with van der Waals surface area (Å²) >= 11 is 1.94. The van der Waals surface area contributed by atoms with Gasteiger partial charge in [-0.25, -0.2) is 0 Å². The molecule has 0 aromatic carbocycles. The highest BCUT2D eigenvalue weighted by Crippen LogP contribution is 2.30. The zero-order valence-corrected chi connectivity index (χ0v) is 16.4. The van der Waals surface area contributed by atoms with Crippen LogP contribution in [0.25, 0.3) is 0 Å². The molecule has 2 saturated heterocycles. The van der Waals surface area contributed by atoms with Crippen LogP contribution >= 0.6 is 11.8 Å². The van der Waals surface area contributed by atoms with Crippen LogP contribution in [0.15, 0.2) is 0 Å². The summed E-state index contributed by atoms with van der Waals surface area (Å²) in [7, 11) is 2.00. The van der Waals surface area contributed by atoms with Crippen molar-refractivity contribution in [1.82, 2.24) is 19.6 Å². The molecular weight excluding hydrogens is 332 g/mol. The minimum absolute atomic E-state index is 0.157. The van der Waals surface area contributed by atoms with Crippen LogP contribution in [0, 0.1) is 5.92 Å². The molecular formula is C19H30N4OS. The fraction of sp³-hybridized carbons (Fsp3) is 0.789. The van der Waals surface area contributed by atoms with Crippen LogP contribution in [0.1, 0.15) is 47.9 Å². The number of amides is 1. The molecule has 4 rings (SSSR count). The van der Waals surface area contributed by atoms with Gasteiger partial charge in [0.2, 0.25) is 0 Å². The van der Waals surface area contributed by atoms with E-state index in [1.165, 1.54) is 43.6 Å². The molecule has 1 amide bonds. The summed E-state index contributed by atoms with van der Waals surface area (Å²) in [6, 6.07) is 0.590. The number of hydrogen-bond donors (Lipinski definition) is 0. The van der Waals surface area contributed by atoms with Crippen molar-refractivity contribution in [2.24, 2.45) is 13.0 Å². The van der Waals surface area contributed by atoms with Gasteiger partial charge in [-0.1, -0.05) is 6.92 Å². The van der Waals surface area contributed by atoms with Crippen molar-refractivity contribution >= 4 is 17.7 Å². The minimum atomic E-state index is 0.157. The average Bonchev–Trinajstić information content (AvgIpc) is 2.98. The summed E-state index contributed by atoms with van der Waals surface area (Å²) in [4.78, 5) is 17.7. The molecule has 25 heavy (non-hydrogen) atoms. The molecule has 1 aromatic heterocycles. The first-order chi connectivity index (χ1) is 12.1. The second-order valence-electron chi connectivity index (χ2n) is 7.92. The lowest BCUT2D eigenvalue weighted by atomic mass is 9.88. The Morgan fingerprint density at radius 1 is 1.12 bits per heavy atom. The van der Waals surface area contributed by atoms with Gasteiger partial charge in [-0.05, 0) is 51.1 Å². The molecule has 0 saturated carbocycles. The van der Waals surface area contributed by atoms with E-state index in [1.54, 1.807) is 0 Å².